The Hall–Kier alpha value is 0.270. The van der Waals surface area contributed by atoms with Gasteiger partial charge < -0.3 is 5.32 Å². The lowest BCUT2D eigenvalue weighted by Gasteiger charge is -2.51. The highest BCUT2D eigenvalue weighted by molar-refractivity contribution is 8.00. The lowest BCUT2D eigenvalue weighted by atomic mass is 10.0. The summed E-state index contributed by atoms with van der Waals surface area (Å²) in [4.78, 5) is 3.15. The normalized spacial score (nSPS) is 35.4. The molecule has 14 heavy (non-hydrogen) atoms. The molecule has 3 heteroatoms. The second-order valence-corrected chi connectivity index (χ2v) is 6.17. The zero-order chi connectivity index (χ0) is 10.0. The van der Waals surface area contributed by atoms with E-state index in [-0.39, 0.29) is 0 Å². The molecular weight excluding hydrogens is 192 g/mol. The molecular formula is C11H22N2S. The van der Waals surface area contributed by atoms with Crippen LogP contribution in [0.4, 0.5) is 0 Å². The van der Waals surface area contributed by atoms with E-state index in [1.54, 1.807) is 0 Å². The van der Waals surface area contributed by atoms with Gasteiger partial charge in [-0.25, -0.2) is 0 Å². The van der Waals surface area contributed by atoms with Crippen LogP contribution in [-0.2, 0) is 0 Å². The molecule has 0 aliphatic carbocycles. The number of nitrogens with zero attached hydrogens (tertiary/aromatic N) is 1. The number of rotatable bonds is 1. The van der Waals surface area contributed by atoms with Crippen LogP contribution in [0, 0.1) is 0 Å². The van der Waals surface area contributed by atoms with Gasteiger partial charge in [-0.2, -0.15) is 0 Å². The van der Waals surface area contributed by atoms with E-state index in [1.807, 2.05) is 0 Å². The Morgan fingerprint density at radius 3 is 2.86 bits per heavy atom. The van der Waals surface area contributed by atoms with Crippen LogP contribution in [0.1, 0.15) is 33.1 Å². The molecule has 0 saturated carbocycles. The third-order valence-corrected chi connectivity index (χ3v) is 5.00. The quantitative estimate of drug-likeness (QED) is 0.718. The SMILES string of the molecule is CC(C)N1CCCSC12CCCNC2. The van der Waals surface area contributed by atoms with Gasteiger partial charge in [0.15, 0.2) is 0 Å². The van der Waals surface area contributed by atoms with Crippen LogP contribution in [0.15, 0.2) is 0 Å². The fourth-order valence-corrected chi connectivity index (χ4v) is 4.36. The molecule has 2 fully saturated rings. The number of thioether (sulfide) groups is 1. The standard InChI is InChI=1S/C11H22N2S/c1-10(2)13-7-4-8-14-11(13)5-3-6-12-9-11/h10,12H,3-9H2,1-2H3. The van der Waals surface area contributed by atoms with Crippen LogP contribution < -0.4 is 5.32 Å². The van der Waals surface area contributed by atoms with Gasteiger partial charge in [-0.3, -0.25) is 4.90 Å². The van der Waals surface area contributed by atoms with Gasteiger partial charge in [-0.05, 0) is 45.4 Å². The summed E-state index contributed by atoms with van der Waals surface area (Å²) >= 11 is 2.19. The van der Waals surface area contributed by atoms with Crippen molar-refractivity contribution in [3.05, 3.63) is 0 Å². The summed E-state index contributed by atoms with van der Waals surface area (Å²) in [5.41, 5.74) is 0. The Morgan fingerprint density at radius 2 is 2.21 bits per heavy atom. The first-order valence-corrected chi connectivity index (χ1v) is 6.85. The zero-order valence-corrected chi connectivity index (χ0v) is 10.2. The van der Waals surface area contributed by atoms with Crippen molar-refractivity contribution in [3.63, 3.8) is 0 Å². The van der Waals surface area contributed by atoms with E-state index >= 15 is 0 Å². The maximum atomic E-state index is 3.57. The summed E-state index contributed by atoms with van der Waals surface area (Å²) in [6.07, 6.45) is 4.09. The first-order chi connectivity index (χ1) is 6.75. The molecule has 0 radical (unpaired) electrons. The van der Waals surface area contributed by atoms with Crippen molar-refractivity contribution in [2.45, 2.75) is 44.0 Å². The Morgan fingerprint density at radius 1 is 1.36 bits per heavy atom. The Labute approximate surface area is 91.8 Å². The average Bonchev–Trinajstić information content (AvgIpc) is 2.19. The topological polar surface area (TPSA) is 15.3 Å². The molecule has 2 nitrogen and oxygen atoms in total. The minimum Gasteiger partial charge on any atom is -0.314 e. The van der Waals surface area contributed by atoms with Gasteiger partial charge in [0.05, 0.1) is 4.87 Å². The van der Waals surface area contributed by atoms with Crippen molar-refractivity contribution in [2.24, 2.45) is 0 Å². The summed E-state index contributed by atoms with van der Waals surface area (Å²) in [6, 6.07) is 0.697. The van der Waals surface area contributed by atoms with E-state index in [0.29, 0.717) is 10.9 Å². The molecule has 82 valence electrons. The molecule has 0 aromatic rings. The van der Waals surface area contributed by atoms with E-state index in [9.17, 15) is 0 Å². The maximum Gasteiger partial charge on any atom is 0.0798 e. The van der Waals surface area contributed by atoms with Crippen LogP contribution in [0.3, 0.4) is 0 Å². The molecule has 0 amide bonds. The third-order valence-electron chi connectivity index (χ3n) is 3.38. The molecule has 2 aliphatic heterocycles. The third kappa shape index (κ3) is 1.95. The Kier molecular flexibility index (Phi) is 3.40. The second-order valence-electron chi connectivity index (χ2n) is 4.72. The van der Waals surface area contributed by atoms with Crippen LogP contribution in [0.2, 0.25) is 0 Å². The van der Waals surface area contributed by atoms with Crippen molar-refractivity contribution < 1.29 is 0 Å². The molecule has 2 heterocycles. The summed E-state index contributed by atoms with van der Waals surface area (Å²) in [5.74, 6) is 1.35. The number of piperidine rings is 1. The molecule has 0 bridgehead atoms. The van der Waals surface area contributed by atoms with Gasteiger partial charge in [0.2, 0.25) is 0 Å². The highest BCUT2D eigenvalue weighted by Crippen LogP contribution is 2.40. The maximum absolute atomic E-state index is 3.57. The molecule has 1 N–H and O–H groups in total. The monoisotopic (exact) mass is 214 g/mol. The Balaban J connectivity index is 2.10. The number of nitrogens with one attached hydrogen (secondary N) is 1. The predicted molar refractivity (Wildman–Crippen MR) is 63.8 cm³/mol. The molecule has 2 rings (SSSR count). The summed E-state index contributed by atoms with van der Waals surface area (Å²) in [6.45, 7) is 8.38. The van der Waals surface area contributed by atoms with Gasteiger partial charge in [0.25, 0.3) is 0 Å². The van der Waals surface area contributed by atoms with Crippen molar-refractivity contribution in [2.75, 3.05) is 25.4 Å². The van der Waals surface area contributed by atoms with E-state index in [2.05, 4.69) is 35.8 Å². The van der Waals surface area contributed by atoms with Crippen molar-refractivity contribution in [1.29, 1.82) is 0 Å². The minimum absolute atomic E-state index is 0.435. The van der Waals surface area contributed by atoms with Crippen molar-refractivity contribution >= 4 is 11.8 Å². The molecule has 2 aliphatic rings. The van der Waals surface area contributed by atoms with E-state index in [4.69, 9.17) is 0 Å². The summed E-state index contributed by atoms with van der Waals surface area (Å²) < 4.78 is 0. The molecule has 2 saturated heterocycles. The second kappa shape index (κ2) is 4.42. The molecule has 1 atom stereocenters. The first-order valence-electron chi connectivity index (χ1n) is 5.86. The summed E-state index contributed by atoms with van der Waals surface area (Å²) in [7, 11) is 0. The highest BCUT2D eigenvalue weighted by Gasteiger charge is 2.41. The first kappa shape index (κ1) is 10.8. The number of hydrogen-bond donors (Lipinski definition) is 1. The highest BCUT2D eigenvalue weighted by atomic mass is 32.2. The average molecular weight is 214 g/mol. The van der Waals surface area contributed by atoms with Gasteiger partial charge in [-0.15, -0.1) is 11.8 Å². The van der Waals surface area contributed by atoms with Gasteiger partial charge >= 0.3 is 0 Å². The van der Waals surface area contributed by atoms with Crippen molar-refractivity contribution in [1.82, 2.24) is 10.2 Å². The lowest BCUT2D eigenvalue weighted by molar-refractivity contribution is 0.0976. The lowest BCUT2D eigenvalue weighted by Crippen LogP contribution is -2.59. The molecule has 0 aromatic carbocycles. The fraction of sp³-hybridized carbons (Fsp3) is 1.00. The molecule has 1 unspecified atom stereocenters. The van der Waals surface area contributed by atoms with E-state index < -0.39 is 0 Å². The largest absolute Gasteiger partial charge is 0.314 e. The molecule has 0 aromatic heterocycles. The van der Waals surface area contributed by atoms with Crippen molar-refractivity contribution in [3.8, 4) is 0 Å². The summed E-state index contributed by atoms with van der Waals surface area (Å²) in [5, 5.41) is 3.57. The van der Waals surface area contributed by atoms with E-state index in [0.717, 1.165) is 0 Å². The molecule has 1 spiro atoms. The van der Waals surface area contributed by atoms with Crippen LogP contribution >= 0.6 is 11.8 Å². The smallest absolute Gasteiger partial charge is 0.0798 e. The van der Waals surface area contributed by atoms with Gasteiger partial charge in [0.1, 0.15) is 0 Å². The Bertz CT molecular complexity index is 179. The predicted octanol–water partition coefficient (Wildman–Crippen LogP) is 1.91. The fourth-order valence-electron chi connectivity index (χ4n) is 2.74. The van der Waals surface area contributed by atoms with Gasteiger partial charge in [0, 0.05) is 19.1 Å². The zero-order valence-electron chi connectivity index (χ0n) is 9.38. The van der Waals surface area contributed by atoms with Crippen LogP contribution in [0.25, 0.3) is 0 Å². The number of hydrogen-bond acceptors (Lipinski definition) is 3. The van der Waals surface area contributed by atoms with Crippen LogP contribution in [-0.4, -0.2) is 41.2 Å². The van der Waals surface area contributed by atoms with Crippen LogP contribution in [0.5, 0.6) is 0 Å². The minimum atomic E-state index is 0.435. The van der Waals surface area contributed by atoms with Gasteiger partial charge in [-0.1, -0.05) is 0 Å². The van der Waals surface area contributed by atoms with E-state index in [1.165, 1.54) is 44.6 Å².